The lowest BCUT2D eigenvalue weighted by Crippen LogP contribution is -1.88. The highest BCUT2D eigenvalue weighted by Gasteiger charge is 1.84. The minimum atomic E-state index is -1.83. The van der Waals surface area contributed by atoms with E-state index in [2.05, 4.69) is 6.58 Å². The first-order valence-corrected chi connectivity index (χ1v) is 2.25. The Balaban J connectivity index is 0. The molecule has 0 aromatic heterocycles. The van der Waals surface area contributed by atoms with Gasteiger partial charge < -0.3 is 15.3 Å². The van der Waals surface area contributed by atoms with Gasteiger partial charge in [-0.05, 0) is 0 Å². The highest BCUT2D eigenvalue weighted by molar-refractivity contribution is 5.68. The van der Waals surface area contributed by atoms with Gasteiger partial charge in [0.2, 0.25) is 0 Å². The molecule has 0 amide bonds. The Morgan fingerprint density at radius 1 is 1.30 bits per heavy atom. The number of carboxylic acid groups (broad SMARTS) is 3. The summed E-state index contributed by atoms with van der Waals surface area (Å²) in [5, 5.41) is 21.8. The summed E-state index contributed by atoms with van der Waals surface area (Å²) in [4.78, 5) is 18.1. The van der Waals surface area contributed by atoms with Crippen LogP contribution in [0.4, 0.5) is 4.79 Å². The SMILES string of the molecule is C=CCC(=O)O.O=C(O)O. The normalized spacial score (nSPS) is 6.80. The average Bonchev–Trinajstić information content (AvgIpc) is 1.62. The molecule has 0 aromatic carbocycles. The topological polar surface area (TPSA) is 94.8 Å². The molecule has 0 unspecified atom stereocenters. The zero-order valence-electron chi connectivity index (χ0n) is 5.15. The van der Waals surface area contributed by atoms with E-state index in [0.717, 1.165) is 0 Å². The van der Waals surface area contributed by atoms with Crippen molar-refractivity contribution in [1.82, 2.24) is 0 Å². The lowest BCUT2D eigenvalue weighted by Gasteiger charge is -1.75. The number of rotatable bonds is 2. The van der Waals surface area contributed by atoms with Gasteiger partial charge in [0.15, 0.2) is 0 Å². The van der Waals surface area contributed by atoms with Crippen molar-refractivity contribution < 1.29 is 24.9 Å². The second-order valence-corrected chi connectivity index (χ2v) is 1.17. The van der Waals surface area contributed by atoms with Crippen LogP contribution in [0.2, 0.25) is 0 Å². The molecule has 0 aromatic rings. The van der Waals surface area contributed by atoms with Gasteiger partial charge in [0.05, 0.1) is 6.42 Å². The molecule has 0 aliphatic carbocycles. The van der Waals surface area contributed by atoms with E-state index >= 15 is 0 Å². The van der Waals surface area contributed by atoms with Crippen molar-refractivity contribution in [2.24, 2.45) is 0 Å². The highest BCUT2D eigenvalue weighted by atomic mass is 16.6. The van der Waals surface area contributed by atoms with E-state index in [1.807, 2.05) is 0 Å². The van der Waals surface area contributed by atoms with Gasteiger partial charge in [0.1, 0.15) is 0 Å². The standard InChI is InChI=1S/C4H6O2.CH2O3/c1-2-3-4(5)6;2-1(3)4/h2H,1,3H2,(H,5,6);(H2,2,3,4). The third-order valence-electron chi connectivity index (χ3n) is 0.319. The molecule has 0 rings (SSSR count). The zero-order chi connectivity index (χ0) is 8.57. The van der Waals surface area contributed by atoms with Gasteiger partial charge in [-0.25, -0.2) is 4.79 Å². The van der Waals surface area contributed by atoms with Crippen molar-refractivity contribution in [3.63, 3.8) is 0 Å². The first-order chi connectivity index (χ1) is 4.50. The van der Waals surface area contributed by atoms with Crippen LogP contribution in [0.3, 0.4) is 0 Å². The maximum atomic E-state index is 9.53. The summed E-state index contributed by atoms with van der Waals surface area (Å²) in [6.07, 6.45) is -0.428. The molecule has 0 aliphatic heterocycles. The minimum absolute atomic E-state index is 0.0556. The van der Waals surface area contributed by atoms with Crippen LogP contribution in [0, 0.1) is 0 Å². The van der Waals surface area contributed by atoms with Crippen molar-refractivity contribution in [3.05, 3.63) is 12.7 Å². The van der Waals surface area contributed by atoms with Crippen LogP contribution in [0.25, 0.3) is 0 Å². The summed E-state index contributed by atoms with van der Waals surface area (Å²) in [5.74, 6) is -0.829. The van der Waals surface area contributed by atoms with Crippen molar-refractivity contribution in [2.75, 3.05) is 0 Å². The average molecular weight is 148 g/mol. The van der Waals surface area contributed by atoms with E-state index in [4.69, 9.17) is 20.1 Å². The van der Waals surface area contributed by atoms with Gasteiger partial charge in [-0.3, -0.25) is 4.79 Å². The lowest BCUT2D eigenvalue weighted by atomic mass is 10.4. The molecule has 0 fully saturated rings. The summed E-state index contributed by atoms with van der Waals surface area (Å²) in [5.41, 5.74) is 0. The summed E-state index contributed by atoms with van der Waals surface area (Å²) in [7, 11) is 0. The van der Waals surface area contributed by atoms with Gasteiger partial charge in [-0.2, -0.15) is 0 Å². The maximum Gasteiger partial charge on any atom is 0.503 e. The fraction of sp³-hybridized carbons (Fsp3) is 0.200. The molecule has 5 nitrogen and oxygen atoms in total. The largest absolute Gasteiger partial charge is 0.503 e. The Labute approximate surface area is 57.2 Å². The molecule has 58 valence electrons. The van der Waals surface area contributed by atoms with Crippen molar-refractivity contribution in [3.8, 4) is 0 Å². The van der Waals surface area contributed by atoms with Crippen LogP contribution in [0.1, 0.15) is 6.42 Å². The molecular formula is C5H8O5. The molecular weight excluding hydrogens is 140 g/mol. The van der Waals surface area contributed by atoms with Crippen molar-refractivity contribution in [1.29, 1.82) is 0 Å². The predicted molar refractivity (Wildman–Crippen MR) is 33.1 cm³/mol. The van der Waals surface area contributed by atoms with E-state index in [-0.39, 0.29) is 6.42 Å². The molecule has 0 bridgehead atoms. The molecule has 3 N–H and O–H groups in total. The predicted octanol–water partition coefficient (Wildman–Crippen LogP) is 0.869. The first kappa shape index (κ1) is 11.3. The molecule has 0 saturated heterocycles. The second kappa shape index (κ2) is 7.48. The smallest absolute Gasteiger partial charge is 0.481 e. The van der Waals surface area contributed by atoms with Crippen LogP contribution in [-0.4, -0.2) is 27.4 Å². The molecule has 0 atom stereocenters. The molecule has 10 heavy (non-hydrogen) atoms. The Kier molecular flexibility index (Phi) is 8.45. The third kappa shape index (κ3) is 88.8. The summed E-state index contributed by atoms with van der Waals surface area (Å²) in [6, 6.07) is 0. The molecule has 0 heterocycles. The van der Waals surface area contributed by atoms with E-state index in [9.17, 15) is 4.79 Å². The number of carbonyl (C=O) groups is 2. The summed E-state index contributed by atoms with van der Waals surface area (Å²) < 4.78 is 0. The Hall–Kier alpha value is -1.52. The van der Waals surface area contributed by atoms with E-state index in [1.54, 1.807) is 0 Å². The molecule has 0 aliphatic rings. The molecule has 0 saturated carbocycles. The Bertz CT molecular complexity index is 124. The number of hydrogen-bond acceptors (Lipinski definition) is 2. The molecule has 0 spiro atoms. The number of carboxylic acids is 1. The minimum Gasteiger partial charge on any atom is -0.481 e. The van der Waals surface area contributed by atoms with Crippen LogP contribution in [0.15, 0.2) is 12.7 Å². The fourth-order valence-corrected chi connectivity index (χ4v) is 0.123. The van der Waals surface area contributed by atoms with Crippen LogP contribution in [-0.2, 0) is 4.79 Å². The lowest BCUT2D eigenvalue weighted by molar-refractivity contribution is -0.135. The summed E-state index contributed by atoms with van der Waals surface area (Å²) in [6.45, 7) is 3.22. The second-order valence-electron chi connectivity index (χ2n) is 1.17. The quantitative estimate of drug-likeness (QED) is 0.505. The molecule has 0 radical (unpaired) electrons. The van der Waals surface area contributed by atoms with Gasteiger partial charge in [-0.15, -0.1) is 6.58 Å². The fourth-order valence-electron chi connectivity index (χ4n) is 0.123. The Morgan fingerprint density at radius 3 is 1.60 bits per heavy atom. The van der Waals surface area contributed by atoms with Gasteiger partial charge in [0, 0.05) is 0 Å². The Morgan fingerprint density at radius 2 is 1.60 bits per heavy atom. The van der Waals surface area contributed by atoms with Crippen LogP contribution in [0.5, 0.6) is 0 Å². The van der Waals surface area contributed by atoms with E-state index in [0.29, 0.717) is 0 Å². The molecule has 5 heteroatoms. The maximum absolute atomic E-state index is 9.53. The van der Waals surface area contributed by atoms with Crippen molar-refractivity contribution >= 4 is 12.1 Å². The third-order valence-corrected chi connectivity index (χ3v) is 0.319. The summed E-state index contributed by atoms with van der Waals surface area (Å²) >= 11 is 0. The van der Waals surface area contributed by atoms with Crippen LogP contribution < -0.4 is 0 Å². The van der Waals surface area contributed by atoms with Crippen molar-refractivity contribution in [2.45, 2.75) is 6.42 Å². The van der Waals surface area contributed by atoms with Gasteiger partial charge >= 0.3 is 12.1 Å². The zero-order valence-corrected chi connectivity index (χ0v) is 5.15. The van der Waals surface area contributed by atoms with Crippen LogP contribution >= 0.6 is 0 Å². The van der Waals surface area contributed by atoms with Gasteiger partial charge in [-0.1, -0.05) is 6.08 Å². The monoisotopic (exact) mass is 148 g/mol. The first-order valence-electron chi connectivity index (χ1n) is 2.25. The highest BCUT2D eigenvalue weighted by Crippen LogP contribution is 1.74. The van der Waals surface area contributed by atoms with E-state index < -0.39 is 12.1 Å². The van der Waals surface area contributed by atoms with E-state index in [1.165, 1.54) is 6.08 Å². The number of hydrogen-bond donors (Lipinski definition) is 3. The number of aliphatic carboxylic acids is 1. The van der Waals surface area contributed by atoms with Gasteiger partial charge in [0.25, 0.3) is 0 Å².